The van der Waals surface area contributed by atoms with Crippen molar-refractivity contribution in [3.05, 3.63) is 47.0 Å². The number of nitrogens with zero attached hydrogens (tertiary/aromatic N) is 3. The summed E-state index contributed by atoms with van der Waals surface area (Å²) in [4.78, 5) is 9.06. The zero-order chi connectivity index (χ0) is 21.5. The number of halogens is 1. The van der Waals surface area contributed by atoms with Gasteiger partial charge >= 0.3 is 0 Å². The van der Waals surface area contributed by atoms with Crippen LogP contribution >= 0.6 is 11.6 Å². The summed E-state index contributed by atoms with van der Waals surface area (Å²) in [6.45, 7) is 4.11. The number of piperazine rings is 1. The van der Waals surface area contributed by atoms with Crippen LogP contribution in [0.1, 0.15) is 5.56 Å². The molecule has 0 radical (unpaired) electrons. The molecular formula is C22H29ClN4O3. The van der Waals surface area contributed by atoms with Gasteiger partial charge in [-0.3, -0.25) is 4.99 Å². The fraction of sp³-hybridized carbons (Fsp3) is 0.409. The molecule has 0 bridgehead atoms. The van der Waals surface area contributed by atoms with Crippen molar-refractivity contribution in [2.75, 3.05) is 59.5 Å². The van der Waals surface area contributed by atoms with Crippen LogP contribution in [-0.4, -0.2) is 65.4 Å². The maximum atomic E-state index is 6.14. The second kappa shape index (κ2) is 10.3. The summed E-state index contributed by atoms with van der Waals surface area (Å²) < 4.78 is 16.4. The van der Waals surface area contributed by atoms with Crippen molar-refractivity contribution >= 4 is 23.2 Å². The van der Waals surface area contributed by atoms with Gasteiger partial charge in [-0.2, -0.15) is 0 Å². The van der Waals surface area contributed by atoms with Crippen LogP contribution in [0.25, 0.3) is 0 Å². The number of methoxy groups -OCH3 is 3. The molecular weight excluding hydrogens is 404 g/mol. The highest BCUT2D eigenvalue weighted by atomic mass is 35.5. The molecule has 0 unspecified atom stereocenters. The molecule has 1 heterocycles. The lowest BCUT2D eigenvalue weighted by atomic mass is 10.1. The number of benzene rings is 2. The van der Waals surface area contributed by atoms with Gasteiger partial charge in [-0.1, -0.05) is 17.7 Å². The third-order valence-corrected chi connectivity index (χ3v) is 5.42. The van der Waals surface area contributed by atoms with Crippen LogP contribution in [0, 0.1) is 0 Å². The molecule has 2 aromatic carbocycles. The Kier molecular flexibility index (Phi) is 7.52. The molecule has 0 amide bonds. The molecule has 0 saturated carbocycles. The fourth-order valence-electron chi connectivity index (χ4n) is 3.66. The van der Waals surface area contributed by atoms with Crippen LogP contribution in [0.3, 0.4) is 0 Å². The highest BCUT2D eigenvalue weighted by molar-refractivity contribution is 6.30. The number of hydrogen-bond donors (Lipinski definition) is 1. The molecule has 3 rings (SSSR count). The SMILES string of the molecule is CN=C(NCc1ccc(OC)c(OC)c1OC)N1CCN(c2cccc(Cl)c2)CC1. The normalized spacial score (nSPS) is 14.5. The molecule has 30 heavy (non-hydrogen) atoms. The Balaban J connectivity index is 1.63. The van der Waals surface area contributed by atoms with E-state index in [1.807, 2.05) is 30.3 Å². The van der Waals surface area contributed by atoms with Gasteiger partial charge in [-0.05, 0) is 30.3 Å². The zero-order valence-corrected chi connectivity index (χ0v) is 18.7. The first-order valence-corrected chi connectivity index (χ1v) is 10.2. The lowest BCUT2D eigenvalue weighted by Gasteiger charge is -2.37. The molecule has 1 aliphatic heterocycles. The van der Waals surface area contributed by atoms with Crippen molar-refractivity contribution in [2.45, 2.75) is 6.54 Å². The summed E-state index contributed by atoms with van der Waals surface area (Å²) in [6, 6.07) is 11.8. The van der Waals surface area contributed by atoms with Crippen LogP contribution in [0.5, 0.6) is 17.2 Å². The Bertz CT molecular complexity index is 883. The van der Waals surface area contributed by atoms with Crippen LogP contribution in [-0.2, 0) is 6.54 Å². The molecule has 7 nitrogen and oxygen atoms in total. The molecule has 0 atom stereocenters. The fourth-order valence-corrected chi connectivity index (χ4v) is 3.84. The van der Waals surface area contributed by atoms with Crippen LogP contribution in [0.4, 0.5) is 5.69 Å². The molecule has 0 aromatic heterocycles. The van der Waals surface area contributed by atoms with Gasteiger partial charge in [0.25, 0.3) is 0 Å². The molecule has 8 heteroatoms. The van der Waals surface area contributed by atoms with Crippen LogP contribution < -0.4 is 24.4 Å². The minimum atomic E-state index is 0.560. The summed E-state index contributed by atoms with van der Waals surface area (Å²) in [5.41, 5.74) is 2.12. The second-order valence-electron chi connectivity index (χ2n) is 6.85. The van der Waals surface area contributed by atoms with Crippen molar-refractivity contribution in [1.29, 1.82) is 0 Å². The standard InChI is InChI=1S/C22H29ClN4O3/c1-24-22(25-15-16-8-9-19(28-2)21(30-4)20(16)29-3)27-12-10-26(11-13-27)18-7-5-6-17(23)14-18/h5-9,14H,10-13,15H2,1-4H3,(H,24,25). The van der Waals surface area contributed by atoms with Gasteiger partial charge in [0.1, 0.15) is 0 Å². The second-order valence-corrected chi connectivity index (χ2v) is 7.28. The molecule has 1 saturated heterocycles. The highest BCUT2D eigenvalue weighted by Crippen LogP contribution is 2.39. The van der Waals surface area contributed by atoms with E-state index in [1.165, 1.54) is 0 Å². The van der Waals surface area contributed by atoms with E-state index in [9.17, 15) is 0 Å². The Hall–Kier alpha value is -2.80. The molecule has 1 fully saturated rings. The minimum Gasteiger partial charge on any atom is -0.493 e. The molecule has 0 aliphatic carbocycles. The summed E-state index contributed by atoms with van der Waals surface area (Å²) in [6.07, 6.45) is 0. The molecule has 0 spiro atoms. The number of guanidine groups is 1. The quantitative estimate of drug-likeness (QED) is 0.558. The van der Waals surface area contributed by atoms with Crippen molar-refractivity contribution in [2.24, 2.45) is 4.99 Å². The number of rotatable bonds is 6. The topological polar surface area (TPSA) is 58.6 Å². The van der Waals surface area contributed by atoms with Gasteiger partial charge in [0.05, 0.1) is 21.3 Å². The van der Waals surface area contributed by atoms with E-state index in [0.29, 0.717) is 23.8 Å². The van der Waals surface area contributed by atoms with Gasteiger partial charge in [0.2, 0.25) is 5.75 Å². The molecule has 1 aliphatic rings. The maximum Gasteiger partial charge on any atom is 0.203 e. The first-order chi connectivity index (χ1) is 14.6. The van der Waals surface area contributed by atoms with E-state index in [0.717, 1.165) is 48.4 Å². The Morgan fingerprint density at radius 2 is 1.73 bits per heavy atom. The molecule has 2 aromatic rings. The van der Waals surface area contributed by atoms with Gasteiger partial charge in [0.15, 0.2) is 17.5 Å². The summed E-state index contributed by atoms with van der Waals surface area (Å²) in [7, 11) is 6.65. The Morgan fingerprint density at radius 1 is 1.00 bits per heavy atom. The third-order valence-electron chi connectivity index (χ3n) is 5.19. The van der Waals surface area contributed by atoms with Crippen LogP contribution in [0.15, 0.2) is 41.4 Å². The first-order valence-electron chi connectivity index (χ1n) is 9.85. The number of nitrogens with one attached hydrogen (secondary N) is 1. The van der Waals surface area contributed by atoms with Crippen molar-refractivity contribution < 1.29 is 14.2 Å². The first kappa shape index (κ1) is 21.9. The van der Waals surface area contributed by atoms with Gasteiger partial charge in [-0.15, -0.1) is 0 Å². The van der Waals surface area contributed by atoms with Gasteiger partial charge < -0.3 is 29.3 Å². The average molecular weight is 433 g/mol. The zero-order valence-electron chi connectivity index (χ0n) is 17.9. The predicted molar refractivity (Wildman–Crippen MR) is 122 cm³/mol. The van der Waals surface area contributed by atoms with E-state index < -0.39 is 0 Å². The van der Waals surface area contributed by atoms with Crippen molar-refractivity contribution in [3.63, 3.8) is 0 Å². The lowest BCUT2D eigenvalue weighted by molar-refractivity contribution is 0.321. The monoisotopic (exact) mass is 432 g/mol. The summed E-state index contributed by atoms with van der Waals surface area (Å²) >= 11 is 6.14. The molecule has 162 valence electrons. The van der Waals surface area contributed by atoms with Crippen LogP contribution in [0.2, 0.25) is 5.02 Å². The van der Waals surface area contributed by atoms with E-state index in [1.54, 1.807) is 28.4 Å². The minimum absolute atomic E-state index is 0.560. The maximum absolute atomic E-state index is 6.14. The third kappa shape index (κ3) is 4.84. The van der Waals surface area contributed by atoms with E-state index >= 15 is 0 Å². The van der Waals surface area contributed by atoms with Crippen molar-refractivity contribution in [1.82, 2.24) is 10.2 Å². The van der Waals surface area contributed by atoms with E-state index in [4.69, 9.17) is 25.8 Å². The number of anilines is 1. The Morgan fingerprint density at radius 3 is 2.33 bits per heavy atom. The van der Waals surface area contributed by atoms with E-state index in [2.05, 4.69) is 26.2 Å². The van der Waals surface area contributed by atoms with Crippen molar-refractivity contribution in [3.8, 4) is 17.2 Å². The van der Waals surface area contributed by atoms with Gasteiger partial charge in [0, 0.05) is 56.0 Å². The number of aliphatic imine (C=N–C) groups is 1. The smallest absolute Gasteiger partial charge is 0.203 e. The summed E-state index contributed by atoms with van der Waals surface area (Å²) in [5, 5.41) is 4.20. The number of hydrogen-bond acceptors (Lipinski definition) is 5. The predicted octanol–water partition coefficient (Wildman–Crippen LogP) is 3.26. The number of ether oxygens (including phenoxy) is 3. The largest absolute Gasteiger partial charge is 0.493 e. The summed E-state index contributed by atoms with van der Waals surface area (Å²) in [5.74, 6) is 2.74. The molecule has 1 N–H and O–H groups in total. The van der Waals surface area contributed by atoms with Gasteiger partial charge in [-0.25, -0.2) is 0 Å². The lowest BCUT2D eigenvalue weighted by Crippen LogP contribution is -2.52. The van der Waals surface area contributed by atoms with E-state index in [-0.39, 0.29) is 0 Å². The Labute approximate surface area is 183 Å². The highest BCUT2D eigenvalue weighted by Gasteiger charge is 2.21. The average Bonchev–Trinajstić information content (AvgIpc) is 2.79.